The molecule has 0 bridgehead atoms. The zero-order valence-electron chi connectivity index (χ0n) is 15.7. The topological polar surface area (TPSA) is 106 Å². The van der Waals surface area contributed by atoms with Gasteiger partial charge in [0, 0.05) is 5.56 Å². The van der Waals surface area contributed by atoms with E-state index in [1.54, 1.807) is 12.1 Å². The van der Waals surface area contributed by atoms with E-state index in [-0.39, 0.29) is 18.1 Å². The molecule has 0 atom stereocenters. The lowest BCUT2D eigenvalue weighted by Crippen LogP contribution is -2.33. The van der Waals surface area contributed by atoms with Crippen LogP contribution in [-0.2, 0) is 16.1 Å². The first-order chi connectivity index (χ1) is 14.0. The van der Waals surface area contributed by atoms with Gasteiger partial charge in [0.25, 0.3) is 0 Å². The molecule has 0 saturated carbocycles. The van der Waals surface area contributed by atoms with E-state index in [9.17, 15) is 14.4 Å². The van der Waals surface area contributed by atoms with Crippen molar-refractivity contribution in [2.75, 3.05) is 12.0 Å². The molecule has 4 amide bonds. The van der Waals surface area contributed by atoms with Gasteiger partial charge in [-0.1, -0.05) is 29.4 Å². The maximum atomic E-state index is 12.7. The Kier molecular flexibility index (Phi) is 4.55. The van der Waals surface area contributed by atoms with Crippen LogP contribution in [0.25, 0.3) is 11.4 Å². The molecule has 4 rings (SSSR count). The van der Waals surface area contributed by atoms with Gasteiger partial charge in [-0.2, -0.15) is 4.98 Å². The largest absolute Gasteiger partial charge is 0.497 e. The lowest BCUT2D eigenvalue weighted by molar-refractivity contribution is -0.139. The number of hydrogen-bond acceptors (Lipinski definition) is 7. The summed E-state index contributed by atoms with van der Waals surface area (Å²) >= 11 is 0. The van der Waals surface area contributed by atoms with Crippen molar-refractivity contribution in [1.82, 2.24) is 15.0 Å². The van der Waals surface area contributed by atoms with Crippen molar-refractivity contribution in [2.45, 2.75) is 13.5 Å². The van der Waals surface area contributed by atoms with E-state index in [4.69, 9.17) is 9.26 Å². The molecule has 0 unspecified atom stereocenters. The van der Waals surface area contributed by atoms with Crippen molar-refractivity contribution in [1.29, 1.82) is 0 Å². The quantitative estimate of drug-likeness (QED) is 0.485. The summed E-state index contributed by atoms with van der Waals surface area (Å²) in [4.78, 5) is 43.3. The van der Waals surface area contributed by atoms with Crippen molar-refractivity contribution >= 4 is 23.5 Å². The van der Waals surface area contributed by atoms with Gasteiger partial charge in [0.1, 0.15) is 12.3 Å². The number of anilines is 1. The van der Waals surface area contributed by atoms with Crippen LogP contribution in [0.4, 0.5) is 10.5 Å². The maximum absolute atomic E-state index is 12.7. The van der Waals surface area contributed by atoms with E-state index in [2.05, 4.69) is 10.1 Å². The average molecular weight is 392 g/mol. The summed E-state index contributed by atoms with van der Waals surface area (Å²) in [5, 5.41) is 3.91. The predicted molar refractivity (Wildman–Crippen MR) is 101 cm³/mol. The minimum absolute atomic E-state index is 0.0503. The molecular formula is C20H16N4O5. The minimum atomic E-state index is -0.957. The molecule has 0 aliphatic carbocycles. The lowest BCUT2D eigenvalue weighted by Gasteiger charge is -2.14. The summed E-state index contributed by atoms with van der Waals surface area (Å²) in [6.45, 7) is 1.61. The molecule has 2 aromatic carbocycles. The highest BCUT2D eigenvalue weighted by molar-refractivity contribution is 6.52. The summed E-state index contributed by atoms with van der Waals surface area (Å²) in [7, 11) is 1.50. The molecule has 1 aliphatic rings. The van der Waals surface area contributed by atoms with Crippen LogP contribution < -0.4 is 9.64 Å². The van der Waals surface area contributed by atoms with Gasteiger partial charge in [-0.3, -0.25) is 9.59 Å². The lowest BCUT2D eigenvalue weighted by atomic mass is 10.1. The number of hydrogen-bond donors (Lipinski definition) is 0. The molecule has 1 fully saturated rings. The third kappa shape index (κ3) is 3.22. The molecule has 1 saturated heterocycles. The first-order valence-corrected chi connectivity index (χ1v) is 8.72. The Morgan fingerprint density at radius 2 is 1.72 bits per heavy atom. The third-order valence-electron chi connectivity index (χ3n) is 4.53. The molecule has 2 heterocycles. The fourth-order valence-corrected chi connectivity index (χ4v) is 2.99. The number of benzene rings is 2. The minimum Gasteiger partial charge on any atom is -0.497 e. The Morgan fingerprint density at radius 3 is 2.41 bits per heavy atom. The molecular weight excluding hydrogens is 376 g/mol. The zero-order valence-corrected chi connectivity index (χ0v) is 15.7. The normalized spacial score (nSPS) is 14.1. The van der Waals surface area contributed by atoms with E-state index >= 15 is 0 Å². The number of urea groups is 1. The second kappa shape index (κ2) is 7.19. The van der Waals surface area contributed by atoms with E-state index in [0.29, 0.717) is 11.6 Å². The van der Waals surface area contributed by atoms with E-state index in [1.165, 1.54) is 19.2 Å². The Hall–Kier alpha value is -4.01. The number of methoxy groups -OCH3 is 1. The van der Waals surface area contributed by atoms with Crippen molar-refractivity contribution in [3.05, 3.63) is 60.0 Å². The standard InChI is InChI=1S/C20H16N4O5/c1-12-5-3-4-6-15(12)17-21-16(29-22-17)11-23-18(25)19(26)24(20(23)27)13-7-9-14(28-2)10-8-13/h3-10H,11H2,1-2H3. The first kappa shape index (κ1) is 18.4. The van der Waals surface area contributed by atoms with Crippen LogP contribution in [0.1, 0.15) is 11.5 Å². The van der Waals surface area contributed by atoms with Gasteiger partial charge in [0.2, 0.25) is 11.7 Å². The van der Waals surface area contributed by atoms with Crippen molar-refractivity contribution in [3.63, 3.8) is 0 Å². The summed E-state index contributed by atoms with van der Waals surface area (Å²) < 4.78 is 10.2. The molecule has 9 nitrogen and oxygen atoms in total. The van der Waals surface area contributed by atoms with Gasteiger partial charge < -0.3 is 9.26 Å². The van der Waals surface area contributed by atoms with Crippen LogP contribution >= 0.6 is 0 Å². The SMILES string of the molecule is COc1ccc(N2C(=O)C(=O)N(Cc3nc(-c4ccccc4C)no3)C2=O)cc1. The number of rotatable bonds is 5. The second-order valence-corrected chi connectivity index (χ2v) is 6.34. The van der Waals surface area contributed by atoms with Gasteiger partial charge in [-0.15, -0.1) is 0 Å². The summed E-state index contributed by atoms with van der Waals surface area (Å²) in [6, 6.07) is 12.9. The fourth-order valence-electron chi connectivity index (χ4n) is 2.99. The van der Waals surface area contributed by atoms with Crippen LogP contribution in [0.2, 0.25) is 0 Å². The highest BCUT2D eigenvalue weighted by Crippen LogP contribution is 2.26. The predicted octanol–water partition coefficient (Wildman–Crippen LogP) is 2.55. The molecule has 9 heteroatoms. The number of aromatic nitrogens is 2. The number of aryl methyl sites for hydroxylation is 1. The molecule has 1 aromatic heterocycles. The van der Waals surface area contributed by atoms with Crippen LogP contribution in [0.5, 0.6) is 5.75 Å². The van der Waals surface area contributed by atoms with E-state index < -0.39 is 17.8 Å². The third-order valence-corrected chi connectivity index (χ3v) is 4.53. The average Bonchev–Trinajstić information content (AvgIpc) is 3.28. The van der Waals surface area contributed by atoms with E-state index in [0.717, 1.165) is 20.9 Å². The molecule has 0 radical (unpaired) electrons. The van der Waals surface area contributed by atoms with Gasteiger partial charge in [-0.25, -0.2) is 14.6 Å². The molecule has 0 spiro atoms. The Bertz CT molecular complexity index is 1110. The summed E-state index contributed by atoms with van der Waals surface area (Å²) in [6.07, 6.45) is 0. The van der Waals surface area contributed by atoms with Crippen LogP contribution in [0, 0.1) is 6.92 Å². The Labute approximate surface area is 165 Å². The van der Waals surface area contributed by atoms with Crippen molar-refractivity contribution in [2.24, 2.45) is 0 Å². The monoisotopic (exact) mass is 392 g/mol. The molecule has 146 valence electrons. The molecule has 29 heavy (non-hydrogen) atoms. The number of carbonyl (C=O) groups excluding carboxylic acids is 3. The van der Waals surface area contributed by atoms with Crippen LogP contribution in [-0.4, -0.2) is 40.0 Å². The number of amides is 4. The fraction of sp³-hybridized carbons (Fsp3) is 0.150. The highest BCUT2D eigenvalue weighted by Gasteiger charge is 2.46. The van der Waals surface area contributed by atoms with Gasteiger partial charge in [0.15, 0.2) is 0 Å². The van der Waals surface area contributed by atoms with Crippen LogP contribution in [0.3, 0.4) is 0 Å². The molecule has 1 aliphatic heterocycles. The van der Waals surface area contributed by atoms with Gasteiger partial charge in [-0.05, 0) is 36.8 Å². The number of carbonyl (C=O) groups is 3. The molecule has 0 N–H and O–H groups in total. The zero-order chi connectivity index (χ0) is 20.5. The molecule has 3 aromatic rings. The summed E-state index contributed by atoms with van der Waals surface area (Å²) in [5.74, 6) is -0.948. The second-order valence-electron chi connectivity index (χ2n) is 6.34. The van der Waals surface area contributed by atoms with Gasteiger partial charge >= 0.3 is 17.8 Å². The van der Waals surface area contributed by atoms with Crippen molar-refractivity contribution in [3.8, 4) is 17.1 Å². The Morgan fingerprint density at radius 1 is 1.00 bits per heavy atom. The summed E-state index contributed by atoms with van der Waals surface area (Å²) in [5.41, 5.74) is 1.99. The Balaban J connectivity index is 1.56. The smallest absolute Gasteiger partial charge is 0.339 e. The highest BCUT2D eigenvalue weighted by atomic mass is 16.5. The number of nitrogens with zero attached hydrogens (tertiary/aromatic N) is 4. The first-order valence-electron chi connectivity index (χ1n) is 8.72. The number of ether oxygens (including phenoxy) is 1. The van der Waals surface area contributed by atoms with E-state index in [1.807, 2.05) is 31.2 Å². The van der Waals surface area contributed by atoms with Crippen LogP contribution in [0.15, 0.2) is 53.1 Å². The van der Waals surface area contributed by atoms with Gasteiger partial charge in [0.05, 0.1) is 12.8 Å². The van der Waals surface area contributed by atoms with Crippen molar-refractivity contribution < 1.29 is 23.6 Å². The number of imide groups is 2. The maximum Gasteiger partial charge on any atom is 0.339 e.